The van der Waals surface area contributed by atoms with Gasteiger partial charge in [0, 0.05) is 23.2 Å². The van der Waals surface area contributed by atoms with Gasteiger partial charge >= 0.3 is 0 Å². The van der Waals surface area contributed by atoms with Crippen molar-refractivity contribution in [2.75, 3.05) is 16.8 Å². The van der Waals surface area contributed by atoms with Gasteiger partial charge in [-0.25, -0.2) is 14.4 Å². The number of rotatable bonds is 5. The summed E-state index contributed by atoms with van der Waals surface area (Å²) in [7, 11) is 0. The number of amides is 1. The van der Waals surface area contributed by atoms with Crippen LogP contribution >= 0.6 is 0 Å². The second kappa shape index (κ2) is 10.6. The Balaban J connectivity index is 1.49. The van der Waals surface area contributed by atoms with Crippen molar-refractivity contribution in [1.82, 2.24) is 9.97 Å². The first-order valence-electron chi connectivity index (χ1n) is 13.3. The smallest absolute Gasteiger partial charge is 0.278 e. The van der Waals surface area contributed by atoms with E-state index >= 15 is 4.39 Å². The number of hydrogen-bond acceptors (Lipinski definition) is 7. The van der Waals surface area contributed by atoms with Crippen LogP contribution in [0.2, 0.25) is 0 Å². The van der Waals surface area contributed by atoms with Crippen LogP contribution in [0.15, 0.2) is 96.8 Å². The van der Waals surface area contributed by atoms with Crippen LogP contribution in [0.25, 0.3) is 0 Å². The van der Waals surface area contributed by atoms with Gasteiger partial charge in [0.15, 0.2) is 0 Å². The van der Waals surface area contributed by atoms with Crippen LogP contribution in [0.4, 0.5) is 15.8 Å². The largest absolute Gasteiger partial charge is 0.506 e. The number of carbonyl (C=O) groups is 1. The second-order valence-electron chi connectivity index (χ2n) is 10.9. The van der Waals surface area contributed by atoms with Gasteiger partial charge < -0.3 is 19.9 Å². The number of phenols is 1. The van der Waals surface area contributed by atoms with Crippen molar-refractivity contribution in [2.24, 2.45) is 5.41 Å². The molecule has 6 rings (SSSR count). The number of halogens is 1. The van der Waals surface area contributed by atoms with Crippen molar-refractivity contribution >= 4 is 17.3 Å². The number of nitrogens with one attached hydrogen (secondary N) is 1. The van der Waals surface area contributed by atoms with Gasteiger partial charge in [-0.15, -0.1) is 0 Å². The first-order chi connectivity index (χ1) is 19.8. The lowest BCUT2D eigenvalue weighted by Gasteiger charge is -2.37. The van der Waals surface area contributed by atoms with Gasteiger partial charge in [0.1, 0.15) is 53.4 Å². The molecule has 0 aliphatic carbocycles. The Kier molecular flexibility index (Phi) is 6.78. The number of aromatic hydroxyl groups is 1. The lowest BCUT2D eigenvalue weighted by Crippen LogP contribution is -2.39. The Morgan fingerprint density at radius 2 is 1.98 bits per heavy atom. The van der Waals surface area contributed by atoms with E-state index in [-0.39, 0.29) is 29.0 Å². The quantitative estimate of drug-likeness (QED) is 0.278. The molecule has 208 valence electrons. The molecule has 4 aromatic rings. The third-order valence-corrected chi connectivity index (χ3v) is 7.17. The van der Waals surface area contributed by atoms with Crippen molar-refractivity contribution in [2.45, 2.75) is 32.9 Å². The molecule has 1 amide bonds. The summed E-state index contributed by atoms with van der Waals surface area (Å²) in [6.07, 6.45) is 3.31. The minimum Gasteiger partial charge on any atom is -0.506 e. The maximum atomic E-state index is 16.1. The molecule has 0 saturated heterocycles. The standard InChI is InChI=1S/C32H29FN4O4/c1-32(2)16-25-30(41-18-32)29(22-12-11-21(15-23(22)33)40-17-20-7-4-3-5-8-20)37(31(39)24-13-14-34-19-35-24)26-9-6-10-27(38)28(26)36-25/h3-15,19,29,36,38H,16-18H2,1-2H3. The van der Waals surface area contributed by atoms with Crippen molar-refractivity contribution in [1.29, 1.82) is 0 Å². The molecule has 41 heavy (non-hydrogen) atoms. The van der Waals surface area contributed by atoms with E-state index < -0.39 is 17.8 Å². The monoisotopic (exact) mass is 552 g/mol. The average Bonchev–Trinajstić information content (AvgIpc) is 3.11. The van der Waals surface area contributed by atoms with Crippen LogP contribution < -0.4 is 15.0 Å². The number of nitrogens with zero attached hydrogens (tertiary/aromatic N) is 3. The lowest BCUT2D eigenvalue weighted by atomic mass is 9.85. The van der Waals surface area contributed by atoms with E-state index in [1.165, 1.54) is 35.6 Å². The van der Waals surface area contributed by atoms with Crippen molar-refractivity contribution in [3.63, 3.8) is 0 Å². The summed E-state index contributed by atoms with van der Waals surface area (Å²) in [5, 5.41) is 14.2. The maximum absolute atomic E-state index is 16.1. The molecule has 1 aromatic heterocycles. The van der Waals surface area contributed by atoms with E-state index in [2.05, 4.69) is 29.1 Å². The minimum absolute atomic E-state index is 0.0519. The van der Waals surface area contributed by atoms with E-state index in [9.17, 15) is 9.90 Å². The first-order valence-corrected chi connectivity index (χ1v) is 13.3. The fourth-order valence-corrected chi connectivity index (χ4v) is 5.20. The molecule has 0 fully saturated rings. The number of allylic oxidation sites excluding steroid dienone is 1. The Morgan fingerprint density at radius 3 is 2.73 bits per heavy atom. The summed E-state index contributed by atoms with van der Waals surface area (Å²) < 4.78 is 28.3. The van der Waals surface area contributed by atoms with Crippen LogP contribution in [0.3, 0.4) is 0 Å². The SMILES string of the molecule is CC1(C)COC2=C(C1)Nc1c(O)cccc1N(C(=O)c1ccncn1)C2c1ccc(OCc2ccccc2)cc1F. The van der Waals surface area contributed by atoms with Crippen LogP contribution in [0.1, 0.15) is 47.9 Å². The summed E-state index contributed by atoms with van der Waals surface area (Å²) in [6, 6.07) is 19.6. The number of anilines is 2. The molecule has 2 aliphatic heterocycles. The van der Waals surface area contributed by atoms with E-state index in [4.69, 9.17) is 9.47 Å². The normalized spacial score (nSPS) is 17.4. The number of fused-ring (bicyclic) bond motifs is 1. The van der Waals surface area contributed by atoms with Gasteiger partial charge in [0.05, 0.1) is 18.0 Å². The van der Waals surface area contributed by atoms with E-state index in [0.29, 0.717) is 41.6 Å². The predicted molar refractivity (Wildman–Crippen MR) is 152 cm³/mol. The Bertz CT molecular complexity index is 1630. The topological polar surface area (TPSA) is 96.8 Å². The molecular weight excluding hydrogens is 523 g/mol. The number of para-hydroxylation sites is 1. The Hall–Kier alpha value is -4.92. The third-order valence-electron chi connectivity index (χ3n) is 7.17. The fourth-order valence-electron chi connectivity index (χ4n) is 5.20. The van der Waals surface area contributed by atoms with Gasteiger partial charge in [0.25, 0.3) is 5.91 Å². The number of phenolic OH excluding ortho intramolecular Hbond substituents is 1. The third kappa shape index (κ3) is 5.18. The molecule has 3 aromatic carbocycles. The van der Waals surface area contributed by atoms with Gasteiger partial charge in [-0.1, -0.05) is 50.2 Å². The number of hydrogen-bond donors (Lipinski definition) is 2. The zero-order valence-corrected chi connectivity index (χ0v) is 22.7. The molecule has 0 radical (unpaired) electrons. The second-order valence-corrected chi connectivity index (χ2v) is 10.9. The maximum Gasteiger partial charge on any atom is 0.278 e. The number of ether oxygens (including phenoxy) is 2. The zero-order valence-electron chi connectivity index (χ0n) is 22.7. The first kappa shape index (κ1) is 26.3. The van der Waals surface area contributed by atoms with Crippen LogP contribution in [0, 0.1) is 11.2 Å². The van der Waals surface area contributed by atoms with Crippen LogP contribution in [-0.4, -0.2) is 27.6 Å². The highest BCUT2D eigenvalue weighted by Gasteiger charge is 2.43. The number of aromatic nitrogens is 2. The summed E-state index contributed by atoms with van der Waals surface area (Å²) in [5.74, 6) is -0.362. The highest BCUT2D eigenvalue weighted by atomic mass is 19.1. The number of carbonyl (C=O) groups excluding carboxylic acids is 1. The van der Waals surface area contributed by atoms with Gasteiger partial charge in [-0.3, -0.25) is 9.69 Å². The molecule has 3 heterocycles. The Labute approximate surface area is 237 Å². The molecule has 0 spiro atoms. The summed E-state index contributed by atoms with van der Waals surface area (Å²) in [4.78, 5) is 23.7. The van der Waals surface area contributed by atoms with E-state index in [1.54, 1.807) is 24.3 Å². The van der Waals surface area contributed by atoms with Crippen molar-refractivity contribution < 1.29 is 23.8 Å². The summed E-state index contributed by atoms with van der Waals surface area (Å²) >= 11 is 0. The summed E-state index contributed by atoms with van der Waals surface area (Å²) in [6.45, 7) is 4.77. The highest BCUT2D eigenvalue weighted by Crippen LogP contribution is 2.50. The fraction of sp³-hybridized carbons (Fsp3) is 0.219. The molecule has 0 saturated carbocycles. The predicted octanol–water partition coefficient (Wildman–Crippen LogP) is 6.37. The van der Waals surface area contributed by atoms with Gasteiger partial charge in [0.2, 0.25) is 0 Å². The molecule has 2 N–H and O–H groups in total. The molecule has 9 heteroatoms. The summed E-state index contributed by atoms with van der Waals surface area (Å²) in [5.41, 5.74) is 2.40. The number of benzene rings is 3. The van der Waals surface area contributed by atoms with Crippen LogP contribution in [0.5, 0.6) is 11.5 Å². The van der Waals surface area contributed by atoms with Crippen molar-refractivity contribution in [3.8, 4) is 11.5 Å². The molecule has 1 atom stereocenters. The Morgan fingerprint density at radius 1 is 1.15 bits per heavy atom. The van der Waals surface area contributed by atoms with E-state index in [0.717, 1.165) is 5.56 Å². The zero-order chi connectivity index (χ0) is 28.6. The molecular formula is C32H29FN4O4. The highest BCUT2D eigenvalue weighted by molar-refractivity contribution is 6.08. The molecule has 2 aliphatic rings. The van der Waals surface area contributed by atoms with Crippen molar-refractivity contribution in [3.05, 3.63) is 119 Å². The minimum atomic E-state index is -0.998. The average molecular weight is 553 g/mol. The molecule has 8 nitrogen and oxygen atoms in total. The molecule has 0 bridgehead atoms. The lowest BCUT2D eigenvalue weighted by molar-refractivity contribution is 0.0756. The molecule has 1 unspecified atom stereocenters. The van der Waals surface area contributed by atoms with Gasteiger partial charge in [-0.2, -0.15) is 0 Å². The van der Waals surface area contributed by atoms with Gasteiger partial charge in [-0.05, 0) is 42.3 Å². The van der Waals surface area contributed by atoms with E-state index in [1.807, 2.05) is 30.3 Å². The van der Waals surface area contributed by atoms with Crippen LogP contribution in [-0.2, 0) is 11.3 Å².